The van der Waals surface area contributed by atoms with Crippen LogP contribution in [0, 0.1) is 0 Å². The zero-order chi connectivity index (χ0) is 12.5. The van der Waals surface area contributed by atoms with Crippen LogP contribution >= 0.6 is 0 Å². The number of hydrogen-bond donors (Lipinski definition) is 1. The van der Waals surface area contributed by atoms with Gasteiger partial charge >= 0.3 is 0 Å². The van der Waals surface area contributed by atoms with Crippen molar-refractivity contribution in [2.75, 3.05) is 32.8 Å². The Kier molecular flexibility index (Phi) is 3.05. The van der Waals surface area contributed by atoms with Crippen LogP contribution in [0.4, 0.5) is 0 Å². The van der Waals surface area contributed by atoms with Gasteiger partial charge < -0.3 is 15.0 Å². The number of ether oxygens (including phenoxy) is 1. The first-order valence-corrected chi connectivity index (χ1v) is 6.35. The van der Waals surface area contributed by atoms with Gasteiger partial charge in [0.1, 0.15) is 0 Å². The number of fused-ring (bicyclic) bond motifs is 1. The van der Waals surface area contributed by atoms with Crippen LogP contribution in [0.2, 0.25) is 0 Å². The Morgan fingerprint density at radius 2 is 2.28 bits per heavy atom. The molecule has 0 aliphatic carbocycles. The van der Waals surface area contributed by atoms with Crippen LogP contribution in [0.3, 0.4) is 0 Å². The molecule has 0 spiro atoms. The minimum Gasteiger partial charge on any atom is -0.378 e. The lowest BCUT2D eigenvalue weighted by atomic mass is 9.96. The Morgan fingerprint density at radius 3 is 3.06 bits per heavy atom. The number of amides is 1. The molecular weight excluding hydrogens is 232 g/mol. The second-order valence-corrected chi connectivity index (χ2v) is 4.83. The van der Waals surface area contributed by atoms with Crippen LogP contribution in [-0.4, -0.2) is 53.4 Å². The molecule has 1 amide bonds. The Labute approximate surface area is 106 Å². The standard InChI is InChI=1S/C12H18N4O2/c1-15-8-9-6-13-7-10(11(9)14-15)12(17)16-2-4-18-5-3-16/h8,10,13H,2-7H2,1H3. The number of carbonyl (C=O) groups is 1. The van der Waals surface area contributed by atoms with Gasteiger partial charge in [-0.05, 0) is 0 Å². The van der Waals surface area contributed by atoms with E-state index in [0.717, 1.165) is 17.8 Å². The van der Waals surface area contributed by atoms with Gasteiger partial charge in [0.2, 0.25) is 5.91 Å². The monoisotopic (exact) mass is 250 g/mol. The highest BCUT2D eigenvalue weighted by molar-refractivity contribution is 5.84. The molecule has 2 aliphatic heterocycles. The first-order valence-electron chi connectivity index (χ1n) is 6.35. The van der Waals surface area contributed by atoms with Crippen LogP contribution in [0.25, 0.3) is 0 Å². The van der Waals surface area contributed by atoms with Gasteiger partial charge in [0.15, 0.2) is 0 Å². The summed E-state index contributed by atoms with van der Waals surface area (Å²) in [5.41, 5.74) is 2.07. The lowest BCUT2D eigenvalue weighted by Crippen LogP contribution is -2.46. The van der Waals surface area contributed by atoms with Crippen molar-refractivity contribution in [1.29, 1.82) is 0 Å². The fourth-order valence-corrected chi connectivity index (χ4v) is 2.64. The maximum absolute atomic E-state index is 12.5. The molecule has 3 heterocycles. The smallest absolute Gasteiger partial charge is 0.233 e. The molecule has 1 saturated heterocycles. The molecule has 1 N–H and O–H groups in total. The predicted molar refractivity (Wildman–Crippen MR) is 65.1 cm³/mol. The van der Waals surface area contributed by atoms with Crippen molar-refractivity contribution in [2.24, 2.45) is 7.05 Å². The SMILES string of the molecule is Cn1cc2c(n1)C(C(=O)N1CCOCC1)CNC2. The van der Waals surface area contributed by atoms with Crippen molar-refractivity contribution >= 4 is 5.91 Å². The minimum atomic E-state index is -0.145. The van der Waals surface area contributed by atoms with Crippen molar-refractivity contribution in [2.45, 2.75) is 12.5 Å². The zero-order valence-corrected chi connectivity index (χ0v) is 10.6. The van der Waals surface area contributed by atoms with E-state index in [0.29, 0.717) is 32.8 Å². The number of aromatic nitrogens is 2. The average Bonchev–Trinajstić information content (AvgIpc) is 2.79. The maximum Gasteiger partial charge on any atom is 0.233 e. The highest BCUT2D eigenvalue weighted by Gasteiger charge is 2.32. The molecular formula is C12H18N4O2. The zero-order valence-electron chi connectivity index (χ0n) is 10.6. The Morgan fingerprint density at radius 1 is 1.50 bits per heavy atom. The van der Waals surface area contributed by atoms with Crippen molar-refractivity contribution in [3.63, 3.8) is 0 Å². The summed E-state index contributed by atoms with van der Waals surface area (Å²) in [4.78, 5) is 14.4. The molecule has 98 valence electrons. The van der Waals surface area contributed by atoms with Crippen LogP contribution in [0.5, 0.6) is 0 Å². The Balaban J connectivity index is 1.82. The summed E-state index contributed by atoms with van der Waals surface area (Å²) in [6.45, 7) is 4.15. The molecule has 6 heteroatoms. The van der Waals surface area contributed by atoms with Gasteiger partial charge in [-0.1, -0.05) is 0 Å². The summed E-state index contributed by atoms with van der Waals surface area (Å²) in [6.07, 6.45) is 1.99. The maximum atomic E-state index is 12.5. The van der Waals surface area contributed by atoms with Gasteiger partial charge in [-0.3, -0.25) is 9.48 Å². The third-order valence-electron chi connectivity index (χ3n) is 3.55. The van der Waals surface area contributed by atoms with Crippen LogP contribution in [0.15, 0.2) is 6.20 Å². The fourth-order valence-electron chi connectivity index (χ4n) is 2.64. The van der Waals surface area contributed by atoms with Gasteiger partial charge in [-0.15, -0.1) is 0 Å². The van der Waals surface area contributed by atoms with Gasteiger partial charge in [0.25, 0.3) is 0 Å². The summed E-state index contributed by atoms with van der Waals surface area (Å²) >= 11 is 0. The largest absolute Gasteiger partial charge is 0.378 e. The molecule has 6 nitrogen and oxygen atoms in total. The van der Waals surface area contributed by atoms with Crippen molar-refractivity contribution in [3.05, 3.63) is 17.5 Å². The first-order chi connectivity index (χ1) is 8.75. The summed E-state index contributed by atoms with van der Waals surface area (Å²) in [6, 6.07) is 0. The number of rotatable bonds is 1. The highest BCUT2D eigenvalue weighted by atomic mass is 16.5. The summed E-state index contributed by atoms with van der Waals surface area (Å²) in [5, 5.41) is 7.74. The predicted octanol–water partition coefficient (Wildman–Crippen LogP) is -0.534. The van der Waals surface area contributed by atoms with E-state index in [1.54, 1.807) is 4.68 Å². The van der Waals surface area contributed by atoms with Crippen LogP contribution < -0.4 is 5.32 Å². The fraction of sp³-hybridized carbons (Fsp3) is 0.667. The van der Waals surface area contributed by atoms with Gasteiger partial charge in [0, 0.05) is 45.0 Å². The number of carbonyl (C=O) groups excluding carboxylic acids is 1. The average molecular weight is 250 g/mol. The molecule has 1 atom stereocenters. The third kappa shape index (κ3) is 2.02. The minimum absolute atomic E-state index is 0.145. The highest BCUT2D eigenvalue weighted by Crippen LogP contribution is 2.24. The van der Waals surface area contributed by atoms with Crippen LogP contribution in [0.1, 0.15) is 17.2 Å². The molecule has 1 fully saturated rings. The summed E-state index contributed by atoms with van der Waals surface area (Å²) in [7, 11) is 1.90. The van der Waals surface area contributed by atoms with E-state index in [1.807, 2.05) is 18.1 Å². The van der Waals surface area contributed by atoms with E-state index in [9.17, 15) is 4.79 Å². The third-order valence-corrected chi connectivity index (χ3v) is 3.55. The normalized spacial score (nSPS) is 23.8. The molecule has 2 aliphatic rings. The van der Waals surface area contributed by atoms with Gasteiger partial charge in [0.05, 0.1) is 24.8 Å². The number of morpholine rings is 1. The van der Waals surface area contributed by atoms with E-state index in [4.69, 9.17) is 4.74 Å². The van der Waals surface area contributed by atoms with Gasteiger partial charge in [-0.2, -0.15) is 5.10 Å². The summed E-state index contributed by atoms with van der Waals surface area (Å²) < 4.78 is 7.07. The molecule has 0 aromatic carbocycles. The van der Waals surface area contributed by atoms with E-state index in [1.165, 1.54) is 0 Å². The van der Waals surface area contributed by atoms with Crippen molar-refractivity contribution in [1.82, 2.24) is 20.0 Å². The molecule has 3 rings (SSSR count). The number of nitrogens with one attached hydrogen (secondary N) is 1. The second-order valence-electron chi connectivity index (χ2n) is 4.83. The van der Waals surface area contributed by atoms with Crippen LogP contribution in [-0.2, 0) is 23.1 Å². The molecule has 1 aromatic rings. The van der Waals surface area contributed by atoms with E-state index in [2.05, 4.69) is 10.4 Å². The molecule has 0 bridgehead atoms. The first kappa shape index (κ1) is 11.7. The lowest BCUT2D eigenvalue weighted by molar-refractivity contribution is -0.137. The van der Waals surface area contributed by atoms with Crippen molar-refractivity contribution < 1.29 is 9.53 Å². The molecule has 1 aromatic heterocycles. The topological polar surface area (TPSA) is 59.4 Å². The van der Waals surface area contributed by atoms with E-state index >= 15 is 0 Å². The number of aryl methyl sites for hydroxylation is 1. The van der Waals surface area contributed by atoms with Crippen molar-refractivity contribution in [3.8, 4) is 0 Å². The Hall–Kier alpha value is -1.40. The van der Waals surface area contributed by atoms with E-state index in [-0.39, 0.29) is 11.8 Å². The molecule has 0 saturated carbocycles. The molecule has 0 radical (unpaired) electrons. The number of nitrogens with zero attached hydrogens (tertiary/aromatic N) is 3. The van der Waals surface area contributed by atoms with Gasteiger partial charge in [-0.25, -0.2) is 0 Å². The quantitative estimate of drug-likeness (QED) is 0.727. The molecule has 1 unspecified atom stereocenters. The summed E-state index contributed by atoms with van der Waals surface area (Å²) in [5.74, 6) is 0.0264. The second kappa shape index (κ2) is 4.70. The number of hydrogen-bond acceptors (Lipinski definition) is 4. The molecule has 18 heavy (non-hydrogen) atoms. The Bertz CT molecular complexity index is 451. The lowest BCUT2D eigenvalue weighted by Gasteiger charge is -2.31. The van der Waals surface area contributed by atoms with E-state index < -0.39 is 0 Å².